The van der Waals surface area contributed by atoms with Gasteiger partial charge in [-0.25, -0.2) is 9.78 Å². The Bertz CT molecular complexity index is 1480. The molecule has 1 atom stereocenters. The number of esters is 1. The molecule has 4 aromatic rings. The molecule has 10 nitrogen and oxygen atoms in total. The number of likely N-dealkylation sites (tertiary alicyclic amines) is 1. The number of hydrogen-bond acceptors (Lipinski definition) is 9. The molecular formula is C28H29N5O5S. The average molecular weight is 548 g/mol. The monoisotopic (exact) mass is 547 g/mol. The highest BCUT2D eigenvalue weighted by atomic mass is 32.1. The fraction of sp³-hybridized carbons (Fsp3) is 0.321. The van der Waals surface area contributed by atoms with Crippen LogP contribution in [-0.2, 0) is 19.1 Å². The SMILES string of the molecule is COC(=O)C(NC(=O)CN1CCC(C(=O)Nc2nc3ccccc3s2)CC1)c1cnc2ccc(OC)cc2c1. The third-order valence-electron chi connectivity index (χ3n) is 6.83. The van der Waals surface area contributed by atoms with Gasteiger partial charge in [-0.3, -0.25) is 19.5 Å². The van der Waals surface area contributed by atoms with E-state index in [0.717, 1.165) is 21.1 Å². The summed E-state index contributed by atoms with van der Waals surface area (Å²) < 4.78 is 11.3. The molecule has 2 amide bonds. The first-order valence-electron chi connectivity index (χ1n) is 12.6. The smallest absolute Gasteiger partial charge is 0.333 e. The summed E-state index contributed by atoms with van der Waals surface area (Å²) in [6, 6.07) is 14.0. The van der Waals surface area contributed by atoms with Crippen molar-refractivity contribution in [1.82, 2.24) is 20.2 Å². The van der Waals surface area contributed by atoms with E-state index in [2.05, 4.69) is 20.6 Å². The van der Waals surface area contributed by atoms with Gasteiger partial charge in [-0.05, 0) is 62.3 Å². The summed E-state index contributed by atoms with van der Waals surface area (Å²) >= 11 is 1.45. The number of piperidine rings is 1. The number of benzene rings is 2. The number of anilines is 1. The second-order valence-electron chi connectivity index (χ2n) is 9.38. The number of nitrogens with one attached hydrogen (secondary N) is 2. The second kappa shape index (κ2) is 11.7. The molecule has 1 saturated heterocycles. The number of aromatic nitrogens is 2. The molecule has 2 aromatic heterocycles. The average Bonchev–Trinajstić information content (AvgIpc) is 3.37. The van der Waals surface area contributed by atoms with Crippen LogP contribution in [0.2, 0.25) is 0 Å². The first-order valence-corrected chi connectivity index (χ1v) is 13.4. The molecule has 0 bridgehead atoms. The predicted molar refractivity (Wildman–Crippen MR) is 149 cm³/mol. The maximum absolute atomic E-state index is 12.9. The maximum Gasteiger partial charge on any atom is 0.333 e. The van der Waals surface area contributed by atoms with Gasteiger partial charge in [0.05, 0.1) is 36.5 Å². The molecule has 2 N–H and O–H groups in total. The van der Waals surface area contributed by atoms with Crippen LogP contribution in [0.5, 0.6) is 5.75 Å². The van der Waals surface area contributed by atoms with Crippen molar-refractivity contribution in [3.8, 4) is 5.75 Å². The van der Waals surface area contributed by atoms with Crippen molar-refractivity contribution in [2.75, 3.05) is 39.2 Å². The van der Waals surface area contributed by atoms with Crippen molar-refractivity contribution in [3.05, 3.63) is 60.3 Å². The van der Waals surface area contributed by atoms with Gasteiger partial charge >= 0.3 is 5.97 Å². The molecule has 5 rings (SSSR count). The minimum atomic E-state index is -0.997. The van der Waals surface area contributed by atoms with E-state index in [1.165, 1.54) is 18.4 Å². The van der Waals surface area contributed by atoms with Crippen LogP contribution >= 0.6 is 11.3 Å². The molecule has 0 aliphatic carbocycles. The Morgan fingerprint density at radius 3 is 2.62 bits per heavy atom. The summed E-state index contributed by atoms with van der Waals surface area (Å²) in [6.45, 7) is 1.28. The molecule has 11 heteroatoms. The van der Waals surface area contributed by atoms with Gasteiger partial charge in [0.25, 0.3) is 0 Å². The topological polar surface area (TPSA) is 123 Å². The second-order valence-corrected chi connectivity index (χ2v) is 10.4. The summed E-state index contributed by atoms with van der Waals surface area (Å²) in [4.78, 5) is 49.2. The van der Waals surface area contributed by atoms with Gasteiger partial charge in [-0.15, -0.1) is 0 Å². The summed E-state index contributed by atoms with van der Waals surface area (Å²) in [5.41, 5.74) is 2.12. The van der Waals surface area contributed by atoms with Gasteiger partial charge in [-0.1, -0.05) is 23.5 Å². The Balaban J connectivity index is 1.17. The lowest BCUT2D eigenvalue weighted by Crippen LogP contribution is -2.45. The number of nitrogens with zero attached hydrogens (tertiary/aromatic N) is 3. The van der Waals surface area contributed by atoms with Gasteiger partial charge in [-0.2, -0.15) is 0 Å². The normalized spacial score (nSPS) is 15.1. The quantitative estimate of drug-likeness (QED) is 0.321. The van der Waals surface area contributed by atoms with Crippen LogP contribution in [0.4, 0.5) is 5.13 Å². The lowest BCUT2D eigenvalue weighted by Gasteiger charge is -2.31. The van der Waals surface area contributed by atoms with E-state index in [1.54, 1.807) is 19.4 Å². The van der Waals surface area contributed by atoms with E-state index in [0.29, 0.717) is 42.4 Å². The molecular weight excluding hydrogens is 518 g/mol. The zero-order chi connectivity index (χ0) is 27.4. The van der Waals surface area contributed by atoms with Crippen LogP contribution in [0.1, 0.15) is 24.4 Å². The molecule has 1 fully saturated rings. The number of carbonyl (C=O) groups excluding carboxylic acids is 3. The number of fused-ring (bicyclic) bond motifs is 2. The van der Waals surface area contributed by atoms with Crippen LogP contribution < -0.4 is 15.4 Å². The zero-order valence-electron chi connectivity index (χ0n) is 21.7. The highest BCUT2D eigenvalue weighted by molar-refractivity contribution is 7.22. The first kappa shape index (κ1) is 26.5. The predicted octanol–water partition coefficient (Wildman–Crippen LogP) is 3.53. The number of para-hydroxylation sites is 1. The van der Waals surface area contributed by atoms with Crippen LogP contribution in [0, 0.1) is 5.92 Å². The summed E-state index contributed by atoms with van der Waals surface area (Å²) in [5, 5.41) is 7.11. The maximum atomic E-state index is 12.9. The molecule has 39 heavy (non-hydrogen) atoms. The molecule has 1 unspecified atom stereocenters. The van der Waals surface area contributed by atoms with Crippen molar-refractivity contribution in [3.63, 3.8) is 0 Å². The summed E-state index contributed by atoms with van der Waals surface area (Å²) in [7, 11) is 2.86. The van der Waals surface area contributed by atoms with Gasteiger partial charge in [0.2, 0.25) is 11.8 Å². The fourth-order valence-corrected chi connectivity index (χ4v) is 5.57. The van der Waals surface area contributed by atoms with Crippen LogP contribution in [-0.4, -0.2) is 66.5 Å². The van der Waals surface area contributed by atoms with E-state index in [-0.39, 0.29) is 24.3 Å². The Morgan fingerprint density at radius 2 is 1.87 bits per heavy atom. The molecule has 0 saturated carbocycles. The highest BCUT2D eigenvalue weighted by Crippen LogP contribution is 2.27. The minimum Gasteiger partial charge on any atom is -0.497 e. The van der Waals surface area contributed by atoms with Crippen molar-refractivity contribution in [2.24, 2.45) is 5.92 Å². The summed E-state index contributed by atoms with van der Waals surface area (Å²) in [6.07, 6.45) is 2.81. The lowest BCUT2D eigenvalue weighted by atomic mass is 9.96. The molecule has 202 valence electrons. The Morgan fingerprint density at radius 1 is 1.08 bits per heavy atom. The third-order valence-corrected chi connectivity index (χ3v) is 7.79. The number of ether oxygens (including phenoxy) is 2. The van der Waals surface area contributed by atoms with Crippen molar-refractivity contribution in [2.45, 2.75) is 18.9 Å². The molecule has 0 radical (unpaired) electrons. The number of methoxy groups -OCH3 is 2. The molecule has 1 aliphatic rings. The van der Waals surface area contributed by atoms with Gasteiger partial charge in [0.15, 0.2) is 11.2 Å². The van der Waals surface area contributed by atoms with Crippen LogP contribution in [0.15, 0.2) is 54.7 Å². The van der Waals surface area contributed by atoms with Crippen molar-refractivity contribution < 1.29 is 23.9 Å². The van der Waals surface area contributed by atoms with E-state index >= 15 is 0 Å². The van der Waals surface area contributed by atoms with E-state index in [4.69, 9.17) is 9.47 Å². The number of carbonyl (C=O) groups is 3. The molecule has 0 spiro atoms. The van der Waals surface area contributed by atoms with Gasteiger partial charge in [0.1, 0.15) is 5.75 Å². The third kappa shape index (κ3) is 6.15. The zero-order valence-corrected chi connectivity index (χ0v) is 22.5. The van der Waals surface area contributed by atoms with E-state index in [9.17, 15) is 14.4 Å². The number of pyridine rings is 1. The molecule has 3 heterocycles. The lowest BCUT2D eigenvalue weighted by molar-refractivity contribution is -0.145. The van der Waals surface area contributed by atoms with Crippen LogP contribution in [0.3, 0.4) is 0 Å². The highest BCUT2D eigenvalue weighted by Gasteiger charge is 2.29. The first-order chi connectivity index (χ1) is 18.9. The fourth-order valence-electron chi connectivity index (χ4n) is 4.70. The standard InChI is InChI=1S/C28H29N5O5S/c1-37-20-7-8-21-18(14-20)13-19(15-29-21)25(27(36)38-2)31-24(34)16-33-11-9-17(10-12-33)26(35)32-28-30-22-5-3-4-6-23(22)39-28/h3-8,13-15,17,25H,9-12,16H2,1-2H3,(H,31,34)(H,30,32,35). The number of thiazole rings is 1. The molecule has 1 aliphatic heterocycles. The van der Waals surface area contributed by atoms with Crippen molar-refractivity contribution in [1.29, 1.82) is 0 Å². The minimum absolute atomic E-state index is 0.0515. The largest absolute Gasteiger partial charge is 0.497 e. The Hall–Kier alpha value is -4.09. The van der Waals surface area contributed by atoms with Crippen LogP contribution in [0.25, 0.3) is 21.1 Å². The molecule has 2 aromatic carbocycles. The van der Waals surface area contributed by atoms with Gasteiger partial charge < -0.3 is 20.1 Å². The number of rotatable bonds is 8. The summed E-state index contributed by atoms with van der Waals surface area (Å²) in [5.74, 6) is -0.437. The van der Waals surface area contributed by atoms with E-state index in [1.807, 2.05) is 47.4 Å². The number of hydrogen-bond donors (Lipinski definition) is 2. The Labute approximate surface area is 229 Å². The number of amides is 2. The Kier molecular flexibility index (Phi) is 7.99. The van der Waals surface area contributed by atoms with E-state index < -0.39 is 12.0 Å². The van der Waals surface area contributed by atoms with Gasteiger partial charge in [0, 0.05) is 23.1 Å². The van der Waals surface area contributed by atoms with Crippen molar-refractivity contribution >= 4 is 55.4 Å².